The lowest BCUT2D eigenvalue weighted by Gasteiger charge is -2.36. The molecule has 1 saturated heterocycles. The molecule has 118 valence electrons. The minimum Gasteiger partial charge on any atom is -0.312 e. The Bertz CT molecular complexity index is 372. The summed E-state index contributed by atoms with van der Waals surface area (Å²) in [4.78, 5) is 0. The molecule has 3 nitrogen and oxygen atoms in total. The van der Waals surface area contributed by atoms with Crippen LogP contribution in [0.15, 0.2) is 0 Å². The molecule has 4 heteroatoms. The molecule has 0 aromatic carbocycles. The summed E-state index contributed by atoms with van der Waals surface area (Å²) in [6, 6.07) is 0.207. The van der Waals surface area contributed by atoms with Gasteiger partial charge in [0.2, 0.25) is 0 Å². The Morgan fingerprint density at radius 2 is 1.65 bits per heavy atom. The summed E-state index contributed by atoms with van der Waals surface area (Å²) in [6.07, 6.45) is 11.5. The second kappa shape index (κ2) is 7.79. The molecule has 1 heterocycles. The van der Waals surface area contributed by atoms with Gasteiger partial charge in [-0.2, -0.15) is 0 Å². The molecule has 2 aliphatic rings. The molecule has 1 aliphatic carbocycles. The summed E-state index contributed by atoms with van der Waals surface area (Å²) in [5, 5.41) is 3.49. The highest BCUT2D eigenvalue weighted by atomic mass is 32.2. The van der Waals surface area contributed by atoms with Crippen molar-refractivity contribution in [1.82, 2.24) is 5.32 Å². The summed E-state index contributed by atoms with van der Waals surface area (Å²) >= 11 is 0. The van der Waals surface area contributed by atoms with Crippen molar-refractivity contribution in [1.29, 1.82) is 0 Å². The van der Waals surface area contributed by atoms with Gasteiger partial charge in [0.1, 0.15) is 0 Å². The molecular formula is C16H31NO2S. The molecule has 0 aromatic heterocycles. The summed E-state index contributed by atoms with van der Waals surface area (Å²) in [6.45, 7) is 3.11. The van der Waals surface area contributed by atoms with Gasteiger partial charge < -0.3 is 5.32 Å². The third-order valence-corrected chi connectivity index (χ3v) is 7.38. The maximum absolute atomic E-state index is 12.5. The van der Waals surface area contributed by atoms with Gasteiger partial charge in [0.25, 0.3) is 0 Å². The van der Waals surface area contributed by atoms with Crippen molar-refractivity contribution in [3.05, 3.63) is 0 Å². The van der Waals surface area contributed by atoms with E-state index in [1.54, 1.807) is 0 Å². The van der Waals surface area contributed by atoms with E-state index < -0.39 is 9.84 Å². The summed E-state index contributed by atoms with van der Waals surface area (Å²) in [5.74, 6) is 0.983. The molecular weight excluding hydrogens is 270 g/mol. The van der Waals surface area contributed by atoms with Crippen molar-refractivity contribution in [3.63, 3.8) is 0 Å². The maximum atomic E-state index is 12.5. The Morgan fingerprint density at radius 1 is 1.00 bits per heavy atom. The third-order valence-electron chi connectivity index (χ3n) is 5.07. The van der Waals surface area contributed by atoms with Crippen LogP contribution in [0.2, 0.25) is 0 Å². The van der Waals surface area contributed by atoms with Crippen molar-refractivity contribution in [2.45, 2.75) is 82.4 Å². The highest BCUT2D eigenvalue weighted by Gasteiger charge is 2.38. The highest BCUT2D eigenvalue weighted by Crippen LogP contribution is 2.32. The Hall–Kier alpha value is -0.0900. The molecule has 0 spiro atoms. The number of hydrogen-bond donors (Lipinski definition) is 1. The SMILES string of the molecule is CCCNC(C1CCCCCC1)C1CCCCS1(=O)=O. The predicted octanol–water partition coefficient (Wildman–Crippen LogP) is 3.29. The Labute approximate surface area is 124 Å². The quantitative estimate of drug-likeness (QED) is 0.793. The monoisotopic (exact) mass is 301 g/mol. The number of hydrogen-bond acceptors (Lipinski definition) is 3. The zero-order valence-corrected chi connectivity index (χ0v) is 13.8. The summed E-state index contributed by atoms with van der Waals surface area (Å²) in [7, 11) is -2.88. The first-order valence-corrected chi connectivity index (χ1v) is 10.3. The van der Waals surface area contributed by atoms with Crippen molar-refractivity contribution in [2.24, 2.45) is 5.92 Å². The van der Waals surface area contributed by atoms with E-state index in [0.29, 0.717) is 11.7 Å². The van der Waals surface area contributed by atoms with Crippen LogP contribution in [0.4, 0.5) is 0 Å². The zero-order chi connectivity index (χ0) is 14.4. The maximum Gasteiger partial charge on any atom is 0.154 e. The molecule has 0 bridgehead atoms. The molecule has 2 rings (SSSR count). The highest BCUT2D eigenvalue weighted by molar-refractivity contribution is 7.92. The van der Waals surface area contributed by atoms with E-state index in [-0.39, 0.29) is 11.3 Å². The van der Waals surface area contributed by atoms with Gasteiger partial charge in [0.05, 0.1) is 11.0 Å². The van der Waals surface area contributed by atoms with E-state index in [9.17, 15) is 8.42 Å². The van der Waals surface area contributed by atoms with Gasteiger partial charge in [-0.3, -0.25) is 0 Å². The molecule has 0 aromatic rings. The predicted molar refractivity (Wildman–Crippen MR) is 84.7 cm³/mol. The van der Waals surface area contributed by atoms with Crippen LogP contribution in [0.5, 0.6) is 0 Å². The lowest BCUT2D eigenvalue weighted by molar-refractivity contribution is 0.295. The van der Waals surface area contributed by atoms with Gasteiger partial charge in [0, 0.05) is 6.04 Å². The van der Waals surface area contributed by atoms with Gasteiger partial charge in [-0.25, -0.2) is 8.42 Å². The minimum absolute atomic E-state index is 0.120. The molecule has 1 aliphatic heterocycles. The van der Waals surface area contributed by atoms with Crippen LogP contribution in [-0.2, 0) is 9.84 Å². The van der Waals surface area contributed by atoms with Gasteiger partial charge in [0.15, 0.2) is 9.84 Å². The fourth-order valence-electron chi connectivity index (χ4n) is 3.97. The fraction of sp³-hybridized carbons (Fsp3) is 1.00. The number of nitrogens with one attached hydrogen (secondary N) is 1. The van der Waals surface area contributed by atoms with E-state index in [2.05, 4.69) is 12.2 Å². The van der Waals surface area contributed by atoms with E-state index in [1.165, 1.54) is 38.5 Å². The van der Waals surface area contributed by atoms with Gasteiger partial charge in [-0.05, 0) is 44.6 Å². The Kier molecular flexibility index (Phi) is 6.34. The van der Waals surface area contributed by atoms with E-state index in [1.807, 2.05) is 0 Å². The molecule has 1 saturated carbocycles. The first-order chi connectivity index (χ1) is 9.65. The third kappa shape index (κ3) is 4.20. The average molecular weight is 301 g/mol. The van der Waals surface area contributed by atoms with Crippen LogP contribution in [0, 0.1) is 5.92 Å². The van der Waals surface area contributed by atoms with Crippen LogP contribution in [0.25, 0.3) is 0 Å². The standard InChI is InChI=1S/C16H31NO2S/c1-2-12-17-16(14-9-5-3-4-6-10-14)15-11-7-8-13-20(15,18)19/h14-17H,2-13H2,1H3. The van der Waals surface area contributed by atoms with Crippen LogP contribution in [0.3, 0.4) is 0 Å². The first kappa shape index (κ1) is 16.3. The molecule has 2 unspecified atom stereocenters. The topological polar surface area (TPSA) is 46.2 Å². The van der Waals surface area contributed by atoms with Gasteiger partial charge in [-0.1, -0.05) is 39.0 Å². The zero-order valence-electron chi connectivity index (χ0n) is 12.9. The second-order valence-electron chi connectivity index (χ2n) is 6.63. The number of rotatable bonds is 5. The molecule has 20 heavy (non-hydrogen) atoms. The van der Waals surface area contributed by atoms with Gasteiger partial charge >= 0.3 is 0 Å². The largest absolute Gasteiger partial charge is 0.312 e. The smallest absolute Gasteiger partial charge is 0.154 e. The van der Waals surface area contributed by atoms with Crippen molar-refractivity contribution in [2.75, 3.05) is 12.3 Å². The van der Waals surface area contributed by atoms with Crippen LogP contribution in [-0.4, -0.2) is 32.0 Å². The lowest BCUT2D eigenvalue weighted by atomic mass is 9.87. The van der Waals surface area contributed by atoms with Crippen LogP contribution in [0.1, 0.15) is 71.1 Å². The normalized spacial score (nSPS) is 29.8. The second-order valence-corrected chi connectivity index (χ2v) is 8.97. The molecule has 1 N–H and O–H groups in total. The molecule has 0 radical (unpaired) electrons. The Balaban J connectivity index is 2.12. The van der Waals surface area contributed by atoms with Gasteiger partial charge in [-0.15, -0.1) is 0 Å². The lowest BCUT2D eigenvalue weighted by Crippen LogP contribution is -2.51. The summed E-state index contributed by atoms with van der Waals surface area (Å²) < 4.78 is 24.9. The molecule has 2 atom stereocenters. The number of sulfone groups is 1. The van der Waals surface area contributed by atoms with Crippen molar-refractivity contribution < 1.29 is 8.42 Å². The average Bonchev–Trinajstić information content (AvgIpc) is 2.69. The van der Waals surface area contributed by atoms with E-state index >= 15 is 0 Å². The molecule has 0 amide bonds. The van der Waals surface area contributed by atoms with Crippen molar-refractivity contribution >= 4 is 9.84 Å². The van der Waals surface area contributed by atoms with E-state index in [4.69, 9.17) is 0 Å². The fourth-order valence-corrected chi connectivity index (χ4v) is 6.17. The summed E-state index contributed by atoms with van der Waals surface area (Å²) in [5.41, 5.74) is 0. The first-order valence-electron chi connectivity index (χ1n) is 8.60. The van der Waals surface area contributed by atoms with Crippen LogP contribution < -0.4 is 5.32 Å². The molecule has 2 fully saturated rings. The minimum atomic E-state index is -2.88. The van der Waals surface area contributed by atoms with E-state index in [0.717, 1.165) is 32.2 Å². The van der Waals surface area contributed by atoms with Crippen molar-refractivity contribution in [3.8, 4) is 0 Å². The van der Waals surface area contributed by atoms with Crippen LogP contribution >= 0.6 is 0 Å². The Morgan fingerprint density at radius 3 is 2.25 bits per heavy atom.